The number of carbonyl (C=O) groups is 2. The highest BCUT2D eigenvalue weighted by Crippen LogP contribution is 2.67. The summed E-state index contributed by atoms with van der Waals surface area (Å²) in [6, 6.07) is 0. The predicted octanol–water partition coefficient (Wildman–Crippen LogP) is 7.07. The fraction of sp³-hybridized carbons (Fsp3) is 0.844. The number of hydrogen-bond donors (Lipinski definition) is 2. The molecule has 3 fully saturated rings. The smallest absolute Gasteiger partial charge is 0.407 e. The van der Waals surface area contributed by atoms with E-state index in [9.17, 15) is 9.59 Å². The molecule has 0 aromatic carbocycles. The van der Waals surface area contributed by atoms with Crippen molar-refractivity contribution in [1.82, 2.24) is 10.6 Å². The first-order valence-corrected chi connectivity index (χ1v) is 15.3. The van der Waals surface area contributed by atoms with Gasteiger partial charge in [0.15, 0.2) is 0 Å². The molecular weight excluding hydrogens is 460 g/mol. The van der Waals surface area contributed by atoms with Crippen molar-refractivity contribution in [3.8, 4) is 0 Å². The van der Waals surface area contributed by atoms with Crippen LogP contribution in [0, 0.1) is 53.3 Å². The van der Waals surface area contributed by atoms with Gasteiger partial charge in [0.05, 0.1) is 0 Å². The molecule has 8 atom stereocenters. The van der Waals surface area contributed by atoms with Crippen LogP contribution in [-0.2, 0) is 9.53 Å². The third-order valence-corrected chi connectivity index (χ3v) is 11.3. The van der Waals surface area contributed by atoms with Crippen LogP contribution < -0.4 is 10.6 Å². The second-order valence-corrected chi connectivity index (χ2v) is 13.8. The zero-order valence-electron chi connectivity index (χ0n) is 24.2. The molecule has 5 nitrogen and oxygen atoms in total. The van der Waals surface area contributed by atoms with E-state index in [1.807, 2.05) is 0 Å². The maximum atomic E-state index is 12.3. The second kappa shape index (κ2) is 11.7. The number of allylic oxidation sites excluding steroid dienone is 1. The van der Waals surface area contributed by atoms with Crippen LogP contribution in [0.5, 0.6) is 0 Å². The lowest BCUT2D eigenvalue weighted by atomic mass is 9.47. The molecule has 2 amide bonds. The van der Waals surface area contributed by atoms with E-state index < -0.39 is 0 Å². The minimum Gasteiger partial charge on any atom is -0.446 e. The lowest BCUT2D eigenvalue weighted by Crippen LogP contribution is -2.51. The SMILES string of the molecule is [CH2]C(=O)NCCNC(=O)OC1CC[C@@]2(C)C(=CCC3C2CC[C@@]2(C)C3CC[C@@H]2[C@H](C)CCCC(C)C)C1. The zero-order chi connectivity index (χ0) is 26.8. The van der Waals surface area contributed by atoms with Gasteiger partial charge in [-0.3, -0.25) is 4.79 Å². The molecule has 4 aliphatic carbocycles. The zero-order valence-corrected chi connectivity index (χ0v) is 24.2. The van der Waals surface area contributed by atoms with Gasteiger partial charge in [0.2, 0.25) is 5.91 Å². The topological polar surface area (TPSA) is 67.4 Å². The molecule has 0 heterocycles. The van der Waals surface area contributed by atoms with E-state index in [0.29, 0.717) is 18.5 Å². The van der Waals surface area contributed by atoms with Crippen molar-refractivity contribution >= 4 is 12.0 Å². The van der Waals surface area contributed by atoms with Crippen LogP contribution in [0.15, 0.2) is 11.6 Å². The first-order valence-electron chi connectivity index (χ1n) is 15.3. The molecule has 0 bridgehead atoms. The van der Waals surface area contributed by atoms with Crippen LogP contribution in [0.1, 0.15) is 105 Å². The number of rotatable bonds is 9. The quantitative estimate of drug-likeness (QED) is 0.256. The molecule has 4 aliphatic rings. The van der Waals surface area contributed by atoms with Gasteiger partial charge in [0, 0.05) is 26.4 Å². The fourth-order valence-corrected chi connectivity index (χ4v) is 9.31. The van der Waals surface area contributed by atoms with Gasteiger partial charge in [-0.1, -0.05) is 65.5 Å². The Kier molecular flexibility index (Phi) is 9.01. The van der Waals surface area contributed by atoms with E-state index in [0.717, 1.165) is 54.8 Å². The Morgan fingerprint density at radius 2 is 1.78 bits per heavy atom. The van der Waals surface area contributed by atoms with Crippen LogP contribution in [0.2, 0.25) is 0 Å². The summed E-state index contributed by atoms with van der Waals surface area (Å²) in [5.41, 5.74) is 2.33. The number of nitrogens with one attached hydrogen (secondary N) is 2. The van der Waals surface area contributed by atoms with Crippen LogP contribution >= 0.6 is 0 Å². The Morgan fingerprint density at radius 1 is 1.03 bits per heavy atom. The van der Waals surface area contributed by atoms with E-state index in [1.54, 1.807) is 5.57 Å². The molecule has 209 valence electrons. The van der Waals surface area contributed by atoms with Crippen molar-refractivity contribution in [3.63, 3.8) is 0 Å². The van der Waals surface area contributed by atoms with Crippen LogP contribution in [-0.4, -0.2) is 31.2 Å². The van der Waals surface area contributed by atoms with Crippen LogP contribution in [0.4, 0.5) is 4.79 Å². The highest BCUT2D eigenvalue weighted by Gasteiger charge is 2.59. The van der Waals surface area contributed by atoms with Crippen molar-refractivity contribution in [2.75, 3.05) is 13.1 Å². The Bertz CT molecular complexity index is 853. The monoisotopic (exact) mass is 513 g/mol. The van der Waals surface area contributed by atoms with E-state index >= 15 is 0 Å². The number of ether oxygens (including phenoxy) is 1. The van der Waals surface area contributed by atoms with Gasteiger partial charge in [-0.25, -0.2) is 4.79 Å². The Morgan fingerprint density at radius 3 is 2.51 bits per heavy atom. The van der Waals surface area contributed by atoms with Gasteiger partial charge >= 0.3 is 6.09 Å². The molecule has 37 heavy (non-hydrogen) atoms. The van der Waals surface area contributed by atoms with Crippen LogP contribution in [0.25, 0.3) is 0 Å². The number of fused-ring (bicyclic) bond motifs is 5. The summed E-state index contributed by atoms with van der Waals surface area (Å²) in [6.45, 7) is 16.4. The number of hydrogen-bond acceptors (Lipinski definition) is 3. The van der Waals surface area contributed by atoms with Gasteiger partial charge in [-0.05, 0) is 91.3 Å². The average molecular weight is 514 g/mol. The van der Waals surface area contributed by atoms with Gasteiger partial charge < -0.3 is 15.4 Å². The van der Waals surface area contributed by atoms with Gasteiger partial charge in [0.1, 0.15) is 6.10 Å². The highest BCUT2D eigenvalue weighted by molar-refractivity contribution is 5.80. The molecule has 0 saturated heterocycles. The Balaban J connectivity index is 1.35. The maximum absolute atomic E-state index is 12.3. The molecule has 1 radical (unpaired) electrons. The first-order chi connectivity index (χ1) is 17.5. The molecule has 4 rings (SSSR count). The summed E-state index contributed by atoms with van der Waals surface area (Å²) in [4.78, 5) is 23.2. The summed E-state index contributed by atoms with van der Waals surface area (Å²) in [5.74, 6) is 4.71. The lowest BCUT2D eigenvalue weighted by molar-refractivity contribution is -0.116. The largest absolute Gasteiger partial charge is 0.446 e. The molecule has 0 aliphatic heterocycles. The minimum atomic E-state index is -0.380. The molecular formula is C32H53N2O3. The molecule has 0 spiro atoms. The van der Waals surface area contributed by atoms with Gasteiger partial charge in [0.25, 0.3) is 0 Å². The Hall–Kier alpha value is -1.52. The molecule has 0 aromatic heterocycles. The molecule has 3 saturated carbocycles. The third kappa shape index (κ3) is 6.06. The van der Waals surface area contributed by atoms with E-state index in [4.69, 9.17) is 4.74 Å². The first kappa shape index (κ1) is 28.5. The standard InChI is InChI=1S/C32H53N2O3/c1-21(2)8-7-9-22(3)27-12-13-28-26-11-10-24-20-25(37-30(36)34-19-18-33-23(4)35)14-16-31(24,5)29(26)15-17-32(27,28)6/h10,21-22,25-29H,4,7-9,11-20H2,1-3,5-6H3,(H,33,35)(H,34,36)/t22-,25?,26?,27-,28?,29?,31+,32-/m1/s1. The summed E-state index contributed by atoms with van der Waals surface area (Å²) >= 11 is 0. The third-order valence-electron chi connectivity index (χ3n) is 11.3. The molecule has 5 heteroatoms. The highest BCUT2D eigenvalue weighted by atomic mass is 16.6. The van der Waals surface area contributed by atoms with Crippen molar-refractivity contribution in [3.05, 3.63) is 18.6 Å². The van der Waals surface area contributed by atoms with E-state index in [2.05, 4.69) is 58.3 Å². The summed E-state index contributed by atoms with van der Waals surface area (Å²) in [6.07, 6.45) is 16.1. The van der Waals surface area contributed by atoms with Crippen molar-refractivity contribution in [1.29, 1.82) is 0 Å². The fourth-order valence-electron chi connectivity index (χ4n) is 9.31. The van der Waals surface area contributed by atoms with Crippen molar-refractivity contribution in [2.24, 2.45) is 46.3 Å². The number of carbonyl (C=O) groups excluding carboxylic acids is 2. The maximum Gasteiger partial charge on any atom is 0.407 e. The second-order valence-electron chi connectivity index (χ2n) is 13.8. The Labute approximate surface area is 226 Å². The molecule has 2 N–H and O–H groups in total. The normalized spacial score (nSPS) is 37.6. The van der Waals surface area contributed by atoms with E-state index in [-0.39, 0.29) is 23.5 Å². The van der Waals surface area contributed by atoms with E-state index in [1.165, 1.54) is 51.4 Å². The van der Waals surface area contributed by atoms with Crippen molar-refractivity contribution in [2.45, 2.75) is 111 Å². The van der Waals surface area contributed by atoms with Crippen molar-refractivity contribution < 1.29 is 14.3 Å². The van der Waals surface area contributed by atoms with Gasteiger partial charge in [-0.2, -0.15) is 0 Å². The number of alkyl carbamates (subject to hydrolysis) is 1. The lowest BCUT2D eigenvalue weighted by Gasteiger charge is -2.58. The summed E-state index contributed by atoms with van der Waals surface area (Å²) in [5, 5.41) is 5.33. The summed E-state index contributed by atoms with van der Waals surface area (Å²) in [7, 11) is 0. The molecule has 0 aromatic rings. The van der Waals surface area contributed by atoms with Crippen LogP contribution in [0.3, 0.4) is 0 Å². The average Bonchev–Trinajstić information content (AvgIpc) is 3.19. The number of amides is 2. The minimum absolute atomic E-state index is 0.0466. The molecule has 4 unspecified atom stereocenters. The van der Waals surface area contributed by atoms with Gasteiger partial charge in [-0.15, -0.1) is 0 Å². The summed E-state index contributed by atoms with van der Waals surface area (Å²) < 4.78 is 5.78. The predicted molar refractivity (Wildman–Crippen MR) is 150 cm³/mol.